The second kappa shape index (κ2) is 11.2. The molecule has 1 fully saturated rings. The number of carbonyl (C=O) groups is 1. The number of hydrogen-bond donors (Lipinski definition) is 1. The predicted molar refractivity (Wildman–Crippen MR) is 146 cm³/mol. The summed E-state index contributed by atoms with van der Waals surface area (Å²) in [5.41, 5.74) is 1.48. The number of H-pyrrole nitrogens is 1. The molecule has 0 saturated carbocycles. The lowest BCUT2D eigenvalue weighted by atomic mass is 9.95. The van der Waals surface area contributed by atoms with Crippen LogP contribution in [0.15, 0.2) is 43.0 Å². The number of hydrogen-bond acceptors (Lipinski definition) is 8. The summed E-state index contributed by atoms with van der Waals surface area (Å²) in [5, 5.41) is 7.51. The number of likely N-dealkylation sites (tertiary alicyclic amines) is 1. The molecular weight excluding hydrogens is 551 g/mol. The first-order chi connectivity index (χ1) is 20.1. The van der Waals surface area contributed by atoms with Crippen LogP contribution in [0.4, 0.5) is 13.2 Å². The lowest BCUT2D eigenvalue weighted by Gasteiger charge is -2.32. The maximum Gasteiger partial charge on any atom is 0.421 e. The van der Waals surface area contributed by atoms with E-state index in [0.29, 0.717) is 36.5 Å². The molecule has 0 aliphatic carbocycles. The van der Waals surface area contributed by atoms with Crippen LogP contribution in [0.3, 0.4) is 0 Å². The molecule has 4 aromatic rings. The van der Waals surface area contributed by atoms with Crippen molar-refractivity contribution in [2.75, 3.05) is 26.7 Å². The third-order valence-corrected chi connectivity index (χ3v) is 7.71. The van der Waals surface area contributed by atoms with E-state index in [2.05, 4.69) is 30.0 Å². The zero-order valence-corrected chi connectivity index (χ0v) is 23.2. The first-order valence-electron chi connectivity index (χ1n) is 13.8. The Morgan fingerprint density at radius 3 is 2.71 bits per heavy atom. The highest BCUT2D eigenvalue weighted by molar-refractivity contribution is 5.81. The van der Waals surface area contributed by atoms with Crippen molar-refractivity contribution in [3.8, 4) is 17.4 Å². The van der Waals surface area contributed by atoms with Crippen LogP contribution < -0.4 is 9.47 Å². The Labute approximate surface area is 239 Å². The predicted octanol–water partition coefficient (Wildman–Crippen LogP) is 4.72. The van der Waals surface area contributed by atoms with Gasteiger partial charge in [-0.3, -0.25) is 14.9 Å². The Hall–Kier alpha value is -4.26. The number of amides is 1. The van der Waals surface area contributed by atoms with E-state index in [1.165, 1.54) is 6.20 Å². The molecule has 6 rings (SSSR count). The van der Waals surface area contributed by atoms with Gasteiger partial charge in [-0.2, -0.15) is 18.3 Å². The van der Waals surface area contributed by atoms with Crippen LogP contribution in [-0.4, -0.2) is 73.6 Å². The molecule has 6 heterocycles. The third kappa shape index (κ3) is 5.87. The first kappa shape index (κ1) is 27.9. The maximum absolute atomic E-state index is 14.0. The van der Waals surface area contributed by atoms with E-state index < -0.39 is 17.6 Å². The number of aromatic nitrogens is 5. The van der Waals surface area contributed by atoms with E-state index in [1.807, 2.05) is 20.0 Å². The second-order valence-corrected chi connectivity index (χ2v) is 10.9. The molecule has 10 nitrogen and oxygen atoms in total. The standard InChI is InChI=1S/C29H30F3N7O3/c1-17-15-39(16-19-11-21(13-34-26(17)19)41-24-3-6-33-27-22(24)14-36-37-27)25(40)10-18-9-23(29(30,31)32)28(35-12-18)42-20-4-7-38(2)8-5-20/h3,6,9,11-14,17,20H,4-5,7-8,10,15-16H2,1-2H3,(H,33,36,37). The molecule has 1 atom stereocenters. The Balaban J connectivity index is 1.17. The number of aromatic amines is 1. The van der Waals surface area contributed by atoms with Gasteiger partial charge in [-0.1, -0.05) is 6.92 Å². The zero-order valence-electron chi connectivity index (χ0n) is 23.2. The van der Waals surface area contributed by atoms with E-state index in [1.54, 1.807) is 29.6 Å². The summed E-state index contributed by atoms with van der Waals surface area (Å²) in [6.07, 6.45) is 2.22. The molecule has 220 valence electrons. The van der Waals surface area contributed by atoms with Crippen LogP contribution in [0, 0.1) is 0 Å². The molecule has 4 aromatic heterocycles. The van der Waals surface area contributed by atoms with Crippen LogP contribution in [0.2, 0.25) is 0 Å². The summed E-state index contributed by atoms with van der Waals surface area (Å²) in [6.45, 7) is 4.11. The lowest BCUT2D eigenvalue weighted by molar-refractivity contribution is -0.140. The molecule has 0 radical (unpaired) electrons. The fourth-order valence-electron chi connectivity index (χ4n) is 5.48. The number of alkyl halides is 3. The molecular formula is C29H30F3N7O3. The molecule has 1 unspecified atom stereocenters. The van der Waals surface area contributed by atoms with Crippen molar-refractivity contribution >= 4 is 16.9 Å². The van der Waals surface area contributed by atoms with Gasteiger partial charge in [0.2, 0.25) is 11.8 Å². The van der Waals surface area contributed by atoms with Gasteiger partial charge in [-0.05, 0) is 49.2 Å². The monoisotopic (exact) mass is 581 g/mol. The summed E-state index contributed by atoms with van der Waals surface area (Å²) < 4.78 is 53.6. The van der Waals surface area contributed by atoms with E-state index in [-0.39, 0.29) is 36.5 Å². The van der Waals surface area contributed by atoms with Gasteiger partial charge >= 0.3 is 6.18 Å². The van der Waals surface area contributed by atoms with Crippen LogP contribution in [0.1, 0.15) is 48.1 Å². The van der Waals surface area contributed by atoms with Gasteiger partial charge in [0.15, 0.2) is 5.65 Å². The van der Waals surface area contributed by atoms with Gasteiger partial charge in [0.25, 0.3) is 0 Å². The minimum absolute atomic E-state index is 0.0672. The van der Waals surface area contributed by atoms with Crippen molar-refractivity contribution in [2.24, 2.45) is 0 Å². The fourth-order valence-corrected chi connectivity index (χ4v) is 5.48. The van der Waals surface area contributed by atoms with Crippen molar-refractivity contribution in [3.05, 3.63) is 65.4 Å². The molecule has 1 N–H and O–H groups in total. The maximum atomic E-state index is 14.0. The Morgan fingerprint density at radius 1 is 1.12 bits per heavy atom. The van der Waals surface area contributed by atoms with E-state index >= 15 is 0 Å². The minimum Gasteiger partial charge on any atom is -0.474 e. The van der Waals surface area contributed by atoms with Gasteiger partial charge in [0, 0.05) is 44.5 Å². The average Bonchev–Trinajstić information content (AvgIpc) is 3.44. The van der Waals surface area contributed by atoms with E-state index in [4.69, 9.17) is 9.47 Å². The summed E-state index contributed by atoms with van der Waals surface area (Å²) in [7, 11) is 1.97. The molecule has 2 aliphatic rings. The molecule has 13 heteroatoms. The average molecular weight is 582 g/mol. The summed E-state index contributed by atoms with van der Waals surface area (Å²) in [4.78, 5) is 29.9. The van der Waals surface area contributed by atoms with Crippen molar-refractivity contribution < 1.29 is 27.4 Å². The van der Waals surface area contributed by atoms with Crippen molar-refractivity contribution in [3.63, 3.8) is 0 Å². The Morgan fingerprint density at radius 2 is 1.93 bits per heavy atom. The molecule has 42 heavy (non-hydrogen) atoms. The van der Waals surface area contributed by atoms with Crippen molar-refractivity contribution in [1.29, 1.82) is 0 Å². The van der Waals surface area contributed by atoms with Crippen LogP contribution >= 0.6 is 0 Å². The number of carbonyl (C=O) groups excluding carboxylic acids is 1. The third-order valence-electron chi connectivity index (χ3n) is 7.71. The van der Waals surface area contributed by atoms with Gasteiger partial charge in [0.1, 0.15) is 23.2 Å². The fraction of sp³-hybridized carbons (Fsp3) is 0.414. The Bertz CT molecular complexity index is 1600. The number of fused-ring (bicyclic) bond motifs is 2. The minimum atomic E-state index is -4.66. The van der Waals surface area contributed by atoms with E-state index in [0.717, 1.165) is 35.8 Å². The van der Waals surface area contributed by atoms with Crippen molar-refractivity contribution in [2.45, 2.75) is 50.9 Å². The molecule has 0 aromatic carbocycles. The largest absolute Gasteiger partial charge is 0.474 e. The lowest BCUT2D eigenvalue weighted by Crippen LogP contribution is -2.39. The van der Waals surface area contributed by atoms with Crippen LogP contribution in [0.5, 0.6) is 17.4 Å². The van der Waals surface area contributed by atoms with Crippen LogP contribution in [0.25, 0.3) is 11.0 Å². The van der Waals surface area contributed by atoms with Crippen LogP contribution in [-0.2, 0) is 23.9 Å². The number of rotatable bonds is 6. The van der Waals surface area contributed by atoms with Crippen molar-refractivity contribution in [1.82, 2.24) is 34.9 Å². The molecule has 0 bridgehead atoms. The first-order valence-corrected chi connectivity index (χ1v) is 13.8. The van der Waals surface area contributed by atoms with Gasteiger partial charge in [-0.25, -0.2) is 9.97 Å². The molecule has 2 aliphatic heterocycles. The number of piperidine rings is 1. The second-order valence-electron chi connectivity index (χ2n) is 10.9. The summed E-state index contributed by atoms with van der Waals surface area (Å²) in [6, 6.07) is 4.54. The number of pyridine rings is 3. The highest BCUT2D eigenvalue weighted by Gasteiger charge is 2.37. The van der Waals surface area contributed by atoms with Gasteiger partial charge < -0.3 is 19.3 Å². The van der Waals surface area contributed by atoms with Gasteiger partial charge in [-0.15, -0.1) is 0 Å². The quantitative estimate of drug-likeness (QED) is 0.349. The zero-order chi connectivity index (χ0) is 29.4. The SMILES string of the molecule is CC1CN(C(=O)Cc2cnc(OC3CCN(C)CC3)c(C(F)(F)F)c2)Cc2cc(Oc3ccnc4[nH]ncc34)cnc21. The van der Waals surface area contributed by atoms with Gasteiger partial charge in [0.05, 0.1) is 29.9 Å². The normalized spacial score (nSPS) is 18.2. The molecule has 0 spiro atoms. The topological polar surface area (TPSA) is 109 Å². The summed E-state index contributed by atoms with van der Waals surface area (Å²) in [5.74, 6) is 0.246. The highest BCUT2D eigenvalue weighted by atomic mass is 19.4. The number of halogens is 3. The smallest absolute Gasteiger partial charge is 0.421 e. The number of nitrogens with one attached hydrogen (secondary N) is 1. The molecule has 1 saturated heterocycles. The number of nitrogens with zero attached hydrogens (tertiary/aromatic N) is 6. The number of ether oxygens (including phenoxy) is 2. The molecule has 1 amide bonds. The van der Waals surface area contributed by atoms with E-state index in [9.17, 15) is 18.0 Å². The summed E-state index contributed by atoms with van der Waals surface area (Å²) >= 11 is 0. The Kier molecular flexibility index (Phi) is 7.43. The highest BCUT2D eigenvalue weighted by Crippen LogP contribution is 2.37.